The van der Waals surface area contributed by atoms with Gasteiger partial charge in [-0.05, 0) is 42.5 Å². The van der Waals surface area contributed by atoms with Crippen molar-refractivity contribution >= 4 is 34.8 Å². The molecule has 3 aromatic carbocycles. The van der Waals surface area contributed by atoms with Gasteiger partial charge in [0.1, 0.15) is 18.1 Å². The van der Waals surface area contributed by atoms with Crippen LogP contribution in [-0.2, 0) is 16.2 Å². The highest BCUT2D eigenvalue weighted by atomic mass is 35.5. The summed E-state index contributed by atoms with van der Waals surface area (Å²) in [7, 11) is 1.59. The van der Waals surface area contributed by atoms with Gasteiger partial charge in [0.25, 0.3) is 0 Å². The van der Waals surface area contributed by atoms with Crippen LogP contribution in [0.4, 0.5) is 11.4 Å². The molecule has 7 nitrogen and oxygen atoms in total. The van der Waals surface area contributed by atoms with Crippen molar-refractivity contribution < 1.29 is 19.1 Å². The van der Waals surface area contributed by atoms with Crippen LogP contribution in [0.15, 0.2) is 72.8 Å². The van der Waals surface area contributed by atoms with Gasteiger partial charge in [0, 0.05) is 29.2 Å². The first-order valence-electron chi connectivity index (χ1n) is 10.5. The smallest absolute Gasteiger partial charge is 0.243 e. The maximum absolute atomic E-state index is 12.7. The zero-order valence-electron chi connectivity index (χ0n) is 18.1. The number of nitrogens with zero attached hydrogens (tertiary/aromatic N) is 1. The molecule has 0 radical (unpaired) electrons. The highest BCUT2D eigenvalue weighted by Crippen LogP contribution is 2.28. The topological polar surface area (TPSA) is 79.9 Å². The molecular weight excluding hydrogens is 442 g/mol. The zero-order valence-corrected chi connectivity index (χ0v) is 18.8. The summed E-state index contributed by atoms with van der Waals surface area (Å²) in [5.41, 5.74) is 7.84. The molecule has 1 aliphatic rings. The molecule has 170 valence electrons. The Morgan fingerprint density at radius 2 is 1.79 bits per heavy atom. The van der Waals surface area contributed by atoms with Gasteiger partial charge in [-0.3, -0.25) is 20.4 Å². The van der Waals surface area contributed by atoms with E-state index >= 15 is 0 Å². The van der Waals surface area contributed by atoms with Gasteiger partial charge in [0.15, 0.2) is 0 Å². The van der Waals surface area contributed by atoms with Crippen LogP contribution in [0.25, 0.3) is 0 Å². The van der Waals surface area contributed by atoms with E-state index in [9.17, 15) is 9.59 Å². The molecule has 0 aromatic heterocycles. The highest BCUT2D eigenvalue weighted by molar-refractivity contribution is 6.31. The quantitative estimate of drug-likeness (QED) is 0.481. The number of amides is 2. The molecule has 2 N–H and O–H groups in total. The Balaban J connectivity index is 1.35. The molecule has 0 spiro atoms. The van der Waals surface area contributed by atoms with Crippen molar-refractivity contribution in [2.75, 3.05) is 24.0 Å². The number of hydrogen-bond acceptors (Lipinski definition) is 5. The van der Waals surface area contributed by atoms with E-state index in [2.05, 4.69) is 10.9 Å². The Morgan fingerprint density at radius 1 is 1.06 bits per heavy atom. The zero-order chi connectivity index (χ0) is 23.2. The number of anilines is 2. The van der Waals surface area contributed by atoms with Crippen LogP contribution in [0.1, 0.15) is 12.0 Å². The number of carbonyl (C=O) groups is 2. The van der Waals surface area contributed by atoms with E-state index in [1.54, 1.807) is 36.3 Å². The molecule has 0 saturated carbocycles. The molecule has 3 aromatic rings. The minimum absolute atomic E-state index is 0.0937. The van der Waals surface area contributed by atoms with Crippen LogP contribution in [0, 0.1) is 5.92 Å². The van der Waals surface area contributed by atoms with Gasteiger partial charge >= 0.3 is 0 Å². The lowest BCUT2D eigenvalue weighted by molar-refractivity contribution is -0.125. The number of hydrazine groups is 1. The molecule has 4 rings (SSSR count). The van der Waals surface area contributed by atoms with Crippen molar-refractivity contribution in [2.24, 2.45) is 5.92 Å². The first-order chi connectivity index (χ1) is 16.0. The van der Waals surface area contributed by atoms with Gasteiger partial charge in [0.05, 0.1) is 18.7 Å². The number of nitrogens with one attached hydrogen (secondary N) is 2. The van der Waals surface area contributed by atoms with Gasteiger partial charge in [-0.1, -0.05) is 41.9 Å². The third-order valence-electron chi connectivity index (χ3n) is 5.43. The Labute approximate surface area is 197 Å². The van der Waals surface area contributed by atoms with Gasteiger partial charge in [0.2, 0.25) is 11.8 Å². The van der Waals surface area contributed by atoms with E-state index in [0.29, 0.717) is 35.4 Å². The van der Waals surface area contributed by atoms with Gasteiger partial charge in [-0.2, -0.15) is 0 Å². The number of benzene rings is 3. The van der Waals surface area contributed by atoms with Gasteiger partial charge in [-0.25, -0.2) is 0 Å². The number of halogens is 1. The lowest BCUT2D eigenvalue weighted by Crippen LogP contribution is -2.36. The molecule has 1 fully saturated rings. The minimum atomic E-state index is -0.469. The number of carbonyl (C=O) groups excluding carboxylic acids is 2. The number of hydrogen-bond donors (Lipinski definition) is 2. The summed E-state index contributed by atoms with van der Waals surface area (Å²) in [4.78, 5) is 26.8. The predicted octanol–water partition coefficient (Wildman–Crippen LogP) is 4.42. The summed E-state index contributed by atoms with van der Waals surface area (Å²) in [6.07, 6.45) is 0.143. The molecule has 8 heteroatoms. The monoisotopic (exact) mass is 465 g/mol. The maximum Gasteiger partial charge on any atom is 0.243 e. The number of methoxy groups -OCH3 is 1. The largest absolute Gasteiger partial charge is 0.497 e. The first kappa shape index (κ1) is 22.5. The second-order valence-corrected chi connectivity index (χ2v) is 8.00. The molecule has 1 aliphatic heterocycles. The average molecular weight is 466 g/mol. The fourth-order valence-electron chi connectivity index (χ4n) is 3.59. The molecule has 0 unspecified atom stereocenters. The van der Waals surface area contributed by atoms with Crippen LogP contribution in [0.2, 0.25) is 5.02 Å². The van der Waals surface area contributed by atoms with E-state index in [1.165, 1.54) is 0 Å². The summed E-state index contributed by atoms with van der Waals surface area (Å²) in [6.45, 7) is 0.601. The summed E-state index contributed by atoms with van der Waals surface area (Å²) in [5.74, 6) is 0.451. The van der Waals surface area contributed by atoms with Crippen molar-refractivity contribution in [1.82, 2.24) is 5.43 Å². The van der Waals surface area contributed by atoms with Crippen molar-refractivity contribution in [3.8, 4) is 11.5 Å². The fourth-order valence-corrected chi connectivity index (χ4v) is 3.78. The third-order valence-corrected chi connectivity index (χ3v) is 5.80. The molecule has 1 atom stereocenters. The Morgan fingerprint density at radius 3 is 2.55 bits per heavy atom. The van der Waals surface area contributed by atoms with Crippen LogP contribution in [0.3, 0.4) is 0 Å². The summed E-state index contributed by atoms with van der Waals surface area (Å²) >= 11 is 6.20. The number of para-hydroxylation sites is 2. The van der Waals surface area contributed by atoms with E-state index in [-0.39, 0.29) is 18.2 Å². The van der Waals surface area contributed by atoms with E-state index in [0.717, 1.165) is 11.3 Å². The van der Waals surface area contributed by atoms with Crippen molar-refractivity contribution in [3.05, 3.63) is 83.4 Å². The van der Waals surface area contributed by atoms with Gasteiger partial charge in [-0.15, -0.1) is 0 Å². The van der Waals surface area contributed by atoms with Crippen LogP contribution < -0.4 is 25.2 Å². The SMILES string of the molecule is COc1ccc(N2C[C@@H](C(=O)NNc3ccccc3OCc3ccccc3Cl)CC2=O)cc1. The van der Waals surface area contributed by atoms with Crippen molar-refractivity contribution in [1.29, 1.82) is 0 Å². The molecule has 1 saturated heterocycles. The van der Waals surface area contributed by atoms with E-state index in [4.69, 9.17) is 21.1 Å². The normalized spacial score (nSPS) is 15.3. The molecule has 2 amide bonds. The summed E-state index contributed by atoms with van der Waals surface area (Å²) in [6, 6.07) is 21.9. The van der Waals surface area contributed by atoms with E-state index < -0.39 is 5.92 Å². The lowest BCUT2D eigenvalue weighted by Gasteiger charge is -2.18. The molecule has 33 heavy (non-hydrogen) atoms. The van der Waals surface area contributed by atoms with Crippen LogP contribution in [0.5, 0.6) is 11.5 Å². The predicted molar refractivity (Wildman–Crippen MR) is 127 cm³/mol. The number of ether oxygens (including phenoxy) is 2. The standard InChI is InChI=1S/C25H24ClN3O4/c1-32-20-12-10-19(11-13-20)29-15-18(14-24(29)30)25(31)28-27-22-8-4-5-9-23(22)33-16-17-6-2-3-7-21(17)26/h2-13,18,27H,14-16H2,1H3,(H,28,31)/t18-/m0/s1. The Bertz CT molecular complexity index is 1140. The van der Waals surface area contributed by atoms with Crippen molar-refractivity contribution in [3.63, 3.8) is 0 Å². The highest BCUT2D eigenvalue weighted by Gasteiger charge is 2.35. The summed E-state index contributed by atoms with van der Waals surface area (Å²) in [5, 5.41) is 0.628. The lowest BCUT2D eigenvalue weighted by atomic mass is 10.1. The molecule has 0 bridgehead atoms. The van der Waals surface area contributed by atoms with E-state index in [1.807, 2.05) is 48.5 Å². The summed E-state index contributed by atoms with van der Waals surface area (Å²) < 4.78 is 11.1. The Kier molecular flexibility index (Phi) is 7.00. The molecule has 1 heterocycles. The fraction of sp³-hybridized carbons (Fsp3) is 0.200. The third kappa shape index (κ3) is 5.38. The second-order valence-electron chi connectivity index (χ2n) is 7.59. The van der Waals surface area contributed by atoms with Gasteiger partial charge < -0.3 is 14.4 Å². The Hall–Kier alpha value is -3.71. The second kappa shape index (κ2) is 10.3. The maximum atomic E-state index is 12.7. The first-order valence-corrected chi connectivity index (χ1v) is 10.9. The van der Waals surface area contributed by atoms with Crippen LogP contribution >= 0.6 is 11.6 Å². The minimum Gasteiger partial charge on any atom is -0.497 e. The molecule has 0 aliphatic carbocycles. The van der Waals surface area contributed by atoms with Crippen LogP contribution in [-0.4, -0.2) is 25.5 Å². The molecular formula is C25H24ClN3O4. The van der Waals surface area contributed by atoms with Crippen molar-refractivity contribution in [2.45, 2.75) is 13.0 Å². The number of rotatable bonds is 8. The average Bonchev–Trinajstić information content (AvgIpc) is 3.24.